The first-order valence-electron chi connectivity index (χ1n) is 10.6. The lowest BCUT2D eigenvalue weighted by atomic mass is 9.88. The number of hydrogen-bond donors (Lipinski definition) is 2. The number of phenols is 1. The number of amides is 1. The van der Waals surface area contributed by atoms with Crippen LogP contribution < -0.4 is 0 Å². The number of carbonyl (C=O) groups is 2. The quantitative estimate of drug-likeness (QED) is 0.640. The molecule has 1 heterocycles. The van der Waals surface area contributed by atoms with Crippen LogP contribution in [0.2, 0.25) is 0 Å². The summed E-state index contributed by atoms with van der Waals surface area (Å²) in [6.07, 6.45) is -0.531. The summed E-state index contributed by atoms with van der Waals surface area (Å²) < 4.78 is 5.70. The van der Waals surface area contributed by atoms with Gasteiger partial charge >= 0.3 is 12.1 Å². The van der Waals surface area contributed by atoms with Crippen molar-refractivity contribution in [1.29, 1.82) is 0 Å². The number of carboxylic acids is 1. The summed E-state index contributed by atoms with van der Waals surface area (Å²) in [5, 5.41) is 19.9. The molecule has 2 aliphatic rings. The number of phenolic OH excluding ortho intramolecular Hbond substituents is 1. The summed E-state index contributed by atoms with van der Waals surface area (Å²) in [6, 6.07) is 22.9. The highest BCUT2D eigenvalue weighted by Crippen LogP contribution is 2.44. The molecule has 2 atom stereocenters. The number of benzene rings is 3. The lowest BCUT2D eigenvalue weighted by Crippen LogP contribution is -2.31. The number of carbonyl (C=O) groups excluding carboxylic acids is 1. The van der Waals surface area contributed by atoms with Crippen LogP contribution in [-0.4, -0.2) is 46.9 Å². The second-order valence-electron chi connectivity index (χ2n) is 8.32. The van der Waals surface area contributed by atoms with E-state index < -0.39 is 23.9 Å². The molecule has 3 aromatic carbocycles. The second-order valence-corrected chi connectivity index (χ2v) is 8.32. The SMILES string of the molecule is O=C(O)C1CN(C(=O)OCC2c3ccccc3-c3ccccc32)CC1c1ccccc1O. The number of rotatable bonds is 4. The fourth-order valence-corrected chi connectivity index (χ4v) is 5.00. The van der Waals surface area contributed by atoms with E-state index in [0.717, 1.165) is 22.3 Å². The highest BCUT2D eigenvalue weighted by molar-refractivity contribution is 5.79. The third kappa shape index (κ3) is 3.38. The first kappa shape index (κ1) is 20.1. The van der Waals surface area contributed by atoms with Gasteiger partial charge in [-0.1, -0.05) is 66.7 Å². The fourth-order valence-electron chi connectivity index (χ4n) is 5.00. The Kier molecular flexibility index (Phi) is 5.05. The molecule has 6 nitrogen and oxygen atoms in total. The third-order valence-electron chi connectivity index (χ3n) is 6.57. The van der Waals surface area contributed by atoms with Crippen LogP contribution in [0.4, 0.5) is 4.79 Å². The smallest absolute Gasteiger partial charge is 0.409 e. The first-order chi connectivity index (χ1) is 15.5. The molecule has 32 heavy (non-hydrogen) atoms. The van der Waals surface area contributed by atoms with Crippen molar-refractivity contribution in [3.8, 4) is 16.9 Å². The van der Waals surface area contributed by atoms with Crippen molar-refractivity contribution in [3.05, 3.63) is 89.5 Å². The van der Waals surface area contributed by atoms with Crippen LogP contribution in [0.25, 0.3) is 11.1 Å². The van der Waals surface area contributed by atoms with E-state index in [1.165, 1.54) is 11.0 Å². The van der Waals surface area contributed by atoms with Gasteiger partial charge in [0.2, 0.25) is 0 Å². The molecule has 5 rings (SSSR count). The maximum Gasteiger partial charge on any atom is 0.409 e. The van der Waals surface area contributed by atoms with Crippen LogP contribution in [0.3, 0.4) is 0 Å². The van der Waals surface area contributed by atoms with Crippen LogP contribution in [0.15, 0.2) is 72.8 Å². The van der Waals surface area contributed by atoms with Gasteiger partial charge in [0.15, 0.2) is 0 Å². The van der Waals surface area contributed by atoms with Crippen molar-refractivity contribution in [2.45, 2.75) is 11.8 Å². The molecule has 0 saturated carbocycles. The number of likely N-dealkylation sites (tertiary alicyclic amines) is 1. The van der Waals surface area contributed by atoms with E-state index in [9.17, 15) is 19.8 Å². The highest BCUT2D eigenvalue weighted by atomic mass is 16.6. The van der Waals surface area contributed by atoms with Gasteiger partial charge in [0.1, 0.15) is 12.4 Å². The van der Waals surface area contributed by atoms with Crippen molar-refractivity contribution in [2.24, 2.45) is 5.92 Å². The Morgan fingerprint density at radius 1 is 0.844 bits per heavy atom. The van der Waals surface area contributed by atoms with E-state index in [1.54, 1.807) is 18.2 Å². The lowest BCUT2D eigenvalue weighted by Gasteiger charge is -2.19. The summed E-state index contributed by atoms with van der Waals surface area (Å²) in [5.41, 5.74) is 5.08. The Bertz CT molecular complexity index is 1140. The van der Waals surface area contributed by atoms with Crippen LogP contribution in [0.5, 0.6) is 5.75 Å². The molecule has 6 heteroatoms. The summed E-state index contributed by atoms with van der Waals surface area (Å²) in [5.74, 6) is -2.30. The number of fused-ring (bicyclic) bond motifs is 3. The van der Waals surface area contributed by atoms with Crippen molar-refractivity contribution in [1.82, 2.24) is 4.90 Å². The molecule has 1 fully saturated rings. The van der Waals surface area contributed by atoms with Gasteiger partial charge < -0.3 is 19.8 Å². The van der Waals surface area contributed by atoms with Gasteiger partial charge in [0, 0.05) is 24.9 Å². The van der Waals surface area contributed by atoms with Gasteiger partial charge in [-0.3, -0.25) is 4.79 Å². The highest BCUT2D eigenvalue weighted by Gasteiger charge is 2.42. The van der Waals surface area contributed by atoms with Crippen molar-refractivity contribution in [2.75, 3.05) is 19.7 Å². The summed E-state index contributed by atoms with van der Waals surface area (Å²) in [7, 11) is 0. The molecule has 2 N–H and O–H groups in total. The van der Waals surface area contributed by atoms with Crippen LogP contribution in [-0.2, 0) is 9.53 Å². The Balaban J connectivity index is 1.33. The van der Waals surface area contributed by atoms with Gasteiger partial charge in [-0.15, -0.1) is 0 Å². The molecular formula is C26H23NO5. The third-order valence-corrected chi connectivity index (χ3v) is 6.57. The predicted molar refractivity (Wildman–Crippen MR) is 119 cm³/mol. The van der Waals surface area contributed by atoms with Gasteiger partial charge in [-0.05, 0) is 33.9 Å². The molecule has 1 amide bonds. The normalized spacial score (nSPS) is 19.4. The lowest BCUT2D eigenvalue weighted by molar-refractivity contribution is -0.141. The topological polar surface area (TPSA) is 87.1 Å². The molecule has 0 spiro atoms. The number of para-hydroxylation sites is 1. The van der Waals surface area contributed by atoms with Gasteiger partial charge in [0.25, 0.3) is 0 Å². The molecule has 0 bridgehead atoms. The molecule has 3 aromatic rings. The molecule has 162 valence electrons. The molecule has 1 saturated heterocycles. The molecule has 0 radical (unpaired) electrons. The van der Waals surface area contributed by atoms with E-state index in [1.807, 2.05) is 24.3 Å². The Morgan fingerprint density at radius 2 is 1.41 bits per heavy atom. The average Bonchev–Trinajstić information content (AvgIpc) is 3.38. The van der Waals surface area contributed by atoms with Gasteiger partial charge in [-0.2, -0.15) is 0 Å². The van der Waals surface area contributed by atoms with Crippen LogP contribution in [0.1, 0.15) is 28.5 Å². The standard InChI is InChI=1S/C26H23NO5/c28-24-12-6-5-11-20(24)21-13-27(14-22(21)25(29)30)26(31)32-15-23-18-9-3-1-7-16(18)17-8-2-4-10-19(17)23/h1-12,21-23,28H,13-15H2,(H,29,30). The van der Waals surface area contributed by atoms with E-state index >= 15 is 0 Å². The molecule has 1 aliphatic carbocycles. The number of ether oxygens (including phenoxy) is 1. The largest absolute Gasteiger partial charge is 0.508 e. The monoisotopic (exact) mass is 429 g/mol. The van der Waals surface area contributed by atoms with E-state index in [2.05, 4.69) is 24.3 Å². The van der Waals surface area contributed by atoms with Crippen molar-refractivity contribution >= 4 is 12.1 Å². The van der Waals surface area contributed by atoms with Crippen molar-refractivity contribution < 1.29 is 24.5 Å². The van der Waals surface area contributed by atoms with Crippen LogP contribution in [0, 0.1) is 5.92 Å². The maximum atomic E-state index is 12.9. The first-order valence-corrected chi connectivity index (χ1v) is 10.6. The molecule has 2 unspecified atom stereocenters. The molecular weight excluding hydrogens is 406 g/mol. The molecule has 1 aliphatic heterocycles. The van der Waals surface area contributed by atoms with Gasteiger partial charge in [0.05, 0.1) is 5.92 Å². The van der Waals surface area contributed by atoms with E-state index in [-0.39, 0.29) is 31.4 Å². The summed E-state index contributed by atoms with van der Waals surface area (Å²) in [6.45, 7) is 0.415. The van der Waals surface area contributed by atoms with Crippen molar-refractivity contribution in [3.63, 3.8) is 0 Å². The number of aromatic hydroxyl groups is 1. The minimum absolute atomic E-state index is 0.0399. The maximum absolute atomic E-state index is 12.9. The minimum atomic E-state index is -0.993. The Hall–Kier alpha value is -3.80. The van der Waals surface area contributed by atoms with E-state index in [4.69, 9.17) is 4.74 Å². The van der Waals surface area contributed by atoms with Gasteiger partial charge in [-0.25, -0.2) is 4.79 Å². The summed E-state index contributed by atoms with van der Waals surface area (Å²) >= 11 is 0. The Labute approximate surface area is 185 Å². The zero-order chi connectivity index (χ0) is 22.2. The van der Waals surface area contributed by atoms with E-state index in [0.29, 0.717) is 5.56 Å². The fraction of sp³-hybridized carbons (Fsp3) is 0.231. The zero-order valence-corrected chi connectivity index (χ0v) is 17.3. The Morgan fingerprint density at radius 3 is 2.00 bits per heavy atom. The number of aliphatic carboxylic acids is 1. The zero-order valence-electron chi connectivity index (χ0n) is 17.3. The molecule has 0 aromatic heterocycles. The number of carboxylic acid groups (broad SMARTS) is 1. The number of hydrogen-bond acceptors (Lipinski definition) is 4. The van der Waals surface area contributed by atoms with Crippen LogP contribution >= 0.6 is 0 Å². The predicted octanol–water partition coefficient (Wildman–Crippen LogP) is 4.44. The second kappa shape index (κ2) is 8.04. The summed E-state index contributed by atoms with van der Waals surface area (Å²) in [4.78, 5) is 26.2. The number of nitrogens with zero attached hydrogens (tertiary/aromatic N) is 1. The minimum Gasteiger partial charge on any atom is -0.508 e. The average molecular weight is 429 g/mol.